The third-order valence-corrected chi connectivity index (χ3v) is 6.99. The van der Waals surface area contributed by atoms with E-state index < -0.39 is 0 Å². The minimum absolute atomic E-state index is 0.352. The van der Waals surface area contributed by atoms with Crippen LogP contribution in [0.5, 0.6) is 0 Å². The number of β-amino-alcohol motifs (C(OH)–C–C–N with tert-alkyl or cyclic N) is 1. The average Bonchev–Trinajstić information content (AvgIpc) is 2.76. The van der Waals surface area contributed by atoms with Crippen molar-refractivity contribution < 1.29 is 9.84 Å². The number of aliphatic hydroxyl groups is 1. The largest absolute Gasteiger partial charge is 0.389 e. The van der Waals surface area contributed by atoms with E-state index in [2.05, 4.69) is 24.8 Å². The number of hydrogen-bond donors (Lipinski definition) is 1. The smallest absolute Gasteiger partial charge is 0.0900 e. The first-order valence-corrected chi connectivity index (χ1v) is 9.97. The van der Waals surface area contributed by atoms with Crippen molar-refractivity contribution in [2.45, 2.75) is 39.2 Å². The minimum atomic E-state index is -0.352. The van der Waals surface area contributed by atoms with E-state index in [0.29, 0.717) is 24.5 Å². The topological polar surface area (TPSA) is 32.7 Å². The molecular formula is C18H31NO2S. The Morgan fingerprint density at radius 3 is 3.05 bits per heavy atom. The van der Waals surface area contributed by atoms with Crippen molar-refractivity contribution in [1.29, 1.82) is 0 Å². The second-order valence-corrected chi connectivity index (χ2v) is 8.98. The monoisotopic (exact) mass is 325 g/mol. The second-order valence-electron chi connectivity index (χ2n) is 7.76. The van der Waals surface area contributed by atoms with Crippen LogP contribution in [0.15, 0.2) is 11.6 Å². The molecule has 2 fully saturated rings. The summed E-state index contributed by atoms with van der Waals surface area (Å²) in [6.07, 6.45) is 5.84. The fourth-order valence-corrected chi connectivity index (χ4v) is 5.21. The van der Waals surface area contributed by atoms with Gasteiger partial charge in [-0.15, -0.1) is 0 Å². The molecule has 1 saturated heterocycles. The van der Waals surface area contributed by atoms with Crippen molar-refractivity contribution in [2.24, 2.45) is 17.3 Å². The number of ether oxygens (including phenoxy) is 1. The molecule has 126 valence electrons. The summed E-state index contributed by atoms with van der Waals surface area (Å²) in [4.78, 5) is 2.38. The van der Waals surface area contributed by atoms with E-state index in [1.807, 2.05) is 11.8 Å². The summed E-state index contributed by atoms with van der Waals surface area (Å²) in [5.41, 5.74) is 1.95. The molecule has 1 heterocycles. The Labute approximate surface area is 139 Å². The molecule has 0 spiro atoms. The highest BCUT2D eigenvalue weighted by atomic mass is 32.2. The van der Waals surface area contributed by atoms with Crippen LogP contribution in [-0.2, 0) is 4.74 Å². The van der Waals surface area contributed by atoms with Crippen molar-refractivity contribution in [3.63, 3.8) is 0 Å². The Hall–Kier alpha value is -0.0300. The molecule has 0 aromatic rings. The first-order chi connectivity index (χ1) is 10.6. The molecule has 3 aliphatic carbocycles. The van der Waals surface area contributed by atoms with Gasteiger partial charge in [-0.3, -0.25) is 4.90 Å². The third kappa shape index (κ3) is 3.72. The maximum Gasteiger partial charge on any atom is 0.0900 e. The lowest BCUT2D eigenvalue weighted by molar-refractivity contribution is -0.0259. The van der Waals surface area contributed by atoms with E-state index in [-0.39, 0.29) is 6.10 Å². The van der Waals surface area contributed by atoms with Crippen molar-refractivity contribution in [1.82, 2.24) is 4.90 Å². The van der Waals surface area contributed by atoms with Gasteiger partial charge in [-0.25, -0.2) is 0 Å². The lowest BCUT2D eigenvalue weighted by Crippen LogP contribution is -2.48. The highest BCUT2D eigenvalue weighted by Crippen LogP contribution is 2.59. The Morgan fingerprint density at radius 2 is 2.27 bits per heavy atom. The van der Waals surface area contributed by atoms with Crippen LogP contribution in [-0.4, -0.2) is 60.5 Å². The van der Waals surface area contributed by atoms with Gasteiger partial charge in [-0.05, 0) is 54.4 Å². The van der Waals surface area contributed by atoms with Crippen LogP contribution in [0.4, 0.5) is 0 Å². The van der Waals surface area contributed by atoms with Gasteiger partial charge in [0.25, 0.3) is 0 Å². The zero-order chi connectivity index (χ0) is 15.6. The lowest BCUT2D eigenvalue weighted by atomic mass is 9.49. The number of fused-ring (bicyclic) bond motifs is 1. The molecule has 0 amide bonds. The van der Waals surface area contributed by atoms with Gasteiger partial charge in [0.1, 0.15) is 0 Å². The lowest BCUT2D eigenvalue weighted by Gasteiger charge is -2.56. The molecule has 4 heteroatoms. The molecule has 3 nitrogen and oxygen atoms in total. The van der Waals surface area contributed by atoms with Gasteiger partial charge in [0.15, 0.2) is 0 Å². The van der Waals surface area contributed by atoms with Gasteiger partial charge in [0.05, 0.1) is 19.3 Å². The Balaban J connectivity index is 1.37. The maximum atomic E-state index is 10.2. The van der Waals surface area contributed by atoms with E-state index in [1.165, 1.54) is 36.3 Å². The van der Waals surface area contributed by atoms with Crippen molar-refractivity contribution in [2.75, 3.05) is 44.4 Å². The Kier molecular flexibility index (Phi) is 5.54. The molecule has 1 aliphatic heterocycles. The standard InChI is InChI=1S/C18H31NO2S/c1-18(2)15-5-4-14(17(18)10-15)12-21-13-16(20)11-19-6-3-8-22-9-7-19/h4,15-17,20H,3,5-13H2,1-2H3/t15-,16-,17+/m0/s1. The third-order valence-electron chi connectivity index (χ3n) is 5.95. The quantitative estimate of drug-likeness (QED) is 0.761. The van der Waals surface area contributed by atoms with Crippen LogP contribution in [0.25, 0.3) is 0 Å². The summed E-state index contributed by atoms with van der Waals surface area (Å²) in [5.74, 6) is 4.05. The first-order valence-electron chi connectivity index (χ1n) is 8.82. The summed E-state index contributed by atoms with van der Waals surface area (Å²) in [5, 5.41) is 10.2. The number of thioether (sulfide) groups is 1. The van der Waals surface area contributed by atoms with E-state index in [9.17, 15) is 5.11 Å². The Bertz CT molecular complexity index is 402. The molecule has 0 radical (unpaired) electrons. The molecule has 3 atom stereocenters. The molecule has 0 unspecified atom stereocenters. The highest BCUT2D eigenvalue weighted by molar-refractivity contribution is 7.99. The van der Waals surface area contributed by atoms with Crippen LogP contribution in [0.2, 0.25) is 0 Å². The van der Waals surface area contributed by atoms with Crippen LogP contribution < -0.4 is 0 Å². The van der Waals surface area contributed by atoms with Crippen molar-refractivity contribution in [3.8, 4) is 0 Å². The summed E-state index contributed by atoms with van der Waals surface area (Å²) in [6, 6.07) is 0. The summed E-state index contributed by atoms with van der Waals surface area (Å²) in [6.45, 7) is 8.95. The molecule has 22 heavy (non-hydrogen) atoms. The van der Waals surface area contributed by atoms with Crippen LogP contribution >= 0.6 is 11.8 Å². The highest BCUT2D eigenvalue weighted by Gasteiger charge is 2.50. The molecule has 0 aromatic carbocycles. The van der Waals surface area contributed by atoms with Crippen LogP contribution in [0.3, 0.4) is 0 Å². The SMILES string of the molecule is CC1(C)[C@H]2CC=C(COC[C@@H](O)CN3CCCSCC3)[C@H]1C2. The van der Waals surface area contributed by atoms with E-state index in [0.717, 1.165) is 25.6 Å². The van der Waals surface area contributed by atoms with Crippen LogP contribution in [0, 0.1) is 17.3 Å². The molecule has 4 rings (SSSR count). The Morgan fingerprint density at radius 1 is 1.41 bits per heavy atom. The second kappa shape index (κ2) is 7.25. The van der Waals surface area contributed by atoms with Gasteiger partial charge in [-0.2, -0.15) is 11.8 Å². The predicted molar refractivity (Wildman–Crippen MR) is 93.3 cm³/mol. The minimum Gasteiger partial charge on any atom is -0.389 e. The van der Waals surface area contributed by atoms with Gasteiger partial charge in [0.2, 0.25) is 0 Å². The van der Waals surface area contributed by atoms with Crippen molar-refractivity contribution >= 4 is 11.8 Å². The zero-order valence-corrected chi connectivity index (χ0v) is 14.9. The van der Waals surface area contributed by atoms with Crippen molar-refractivity contribution in [3.05, 3.63) is 11.6 Å². The molecular weight excluding hydrogens is 294 g/mol. The number of rotatable bonds is 6. The zero-order valence-electron chi connectivity index (χ0n) is 14.1. The fourth-order valence-electron chi connectivity index (χ4n) is 4.28. The predicted octanol–water partition coefficient (Wildman–Crippen LogP) is 2.80. The van der Waals surface area contributed by atoms with Gasteiger partial charge in [0, 0.05) is 18.8 Å². The maximum absolute atomic E-state index is 10.2. The molecule has 0 aromatic heterocycles. The average molecular weight is 326 g/mol. The van der Waals surface area contributed by atoms with E-state index in [1.54, 1.807) is 0 Å². The number of nitrogens with zero attached hydrogens (tertiary/aromatic N) is 1. The van der Waals surface area contributed by atoms with E-state index in [4.69, 9.17) is 4.74 Å². The van der Waals surface area contributed by atoms with E-state index >= 15 is 0 Å². The fraction of sp³-hybridized carbons (Fsp3) is 0.889. The first kappa shape index (κ1) is 16.8. The van der Waals surface area contributed by atoms with Gasteiger partial charge < -0.3 is 9.84 Å². The number of aliphatic hydroxyl groups excluding tert-OH is 1. The number of allylic oxidation sites excluding steroid dienone is 1. The summed E-state index contributed by atoms with van der Waals surface area (Å²) in [7, 11) is 0. The molecule has 4 aliphatic rings. The summed E-state index contributed by atoms with van der Waals surface area (Å²) < 4.78 is 5.85. The molecule has 2 bridgehead atoms. The normalized spacial score (nSPS) is 32.8. The molecule has 1 N–H and O–H groups in total. The summed E-state index contributed by atoms with van der Waals surface area (Å²) >= 11 is 2.03. The number of hydrogen-bond acceptors (Lipinski definition) is 4. The van der Waals surface area contributed by atoms with Gasteiger partial charge >= 0.3 is 0 Å². The van der Waals surface area contributed by atoms with Gasteiger partial charge in [-0.1, -0.05) is 19.9 Å². The van der Waals surface area contributed by atoms with Crippen LogP contribution in [0.1, 0.15) is 33.1 Å². The molecule has 1 saturated carbocycles.